The smallest absolute Gasteiger partial charge is 0.164 e. The van der Waals surface area contributed by atoms with Crippen LogP contribution in [0, 0.1) is 28.6 Å². The Kier molecular flexibility index (Phi) is 3.64. The van der Waals surface area contributed by atoms with Gasteiger partial charge in [-0.25, -0.2) is 0 Å². The van der Waals surface area contributed by atoms with E-state index in [-0.39, 0.29) is 5.78 Å². The van der Waals surface area contributed by atoms with E-state index in [1.807, 2.05) is 0 Å². The van der Waals surface area contributed by atoms with Gasteiger partial charge >= 0.3 is 0 Å². The van der Waals surface area contributed by atoms with Crippen LogP contribution in [0.1, 0.15) is 73.1 Å². The van der Waals surface area contributed by atoms with Crippen molar-refractivity contribution in [2.45, 2.75) is 78.7 Å². The van der Waals surface area contributed by atoms with Crippen LogP contribution < -0.4 is 0 Å². The molecule has 0 saturated heterocycles. The Morgan fingerprint density at radius 1 is 1.27 bits per heavy atom. The highest BCUT2D eigenvalue weighted by molar-refractivity contribution is 5.86. The van der Waals surface area contributed by atoms with Crippen LogP contribution in [0.4, 0.5) is 0 Å². The van der Waals surface area contributed by atoms with Gasteiger partial charge in [-0.15, -0.1) is 0 Å². The number of carbonyl (C=O) groups excluding carboxylic acids is 1. The van der Waals surface area contributed by atoms with Gasteiger partial charge in [0.2, 0.25) is 0 Å². The number of rotatable bonds is 7. The molecule has 0 aromatic carbocycles. The zero-order valence-corrected chi connectivity index (χ0v) is 14.9. The summed E-state index contributed by atoms with van der Waals surface area (Å²) >= 11 is 0. The van der Waals surface area contributed by atoms with Crippen molar-refractivity contribution in [1.82, 2.24) is 0 Å². The Morgan fingerprint density at radius 2 is 1.86 bits per heavy atom. The molecule has 4 rings (SSSR count). The Hall–Kier alpha value is -0.630. The lowest BCUT2D eigenvalue weighted by molar-refractivity contribution is -0.137. The second-order valence-corrected chi connectivity index (χ2v) is 9.10. The number of Topliss-reactive ketones (excluding diaryl/α,β-unsaturated/α-hetero) is 1. The van der Waals surface area contributed by atoms with Gasteiger partial charge in [0.15, 0.2) is 5.78 Å². The largest absolute Gasteiger partial charge is 0.382 e. The van der Waals surface area contributed by atoms with Crippen molar-refractivity contribution in [2.24, 2.45) is 28.6 Å². The minimum atomic E-state index is -1.16. The normalized spacial score (nSPS) is 43.8. The van der Waals surface area contributed by atoms with Crippen molar-refractivity contribution in [3.05, 3.63) is 11.6 Å². The number of aliphatic hydroxyl groups is 1. The van der Waals surface area contributed by atoms with E-state index in [1.165, 1.54) is 18.4 Å². The first-order valence-corrected chi connectivity index (χ1v) is 9.02. The fourth-order valence-corrected chi connectivity index (χ4v) is 5.93. The van der Waals surface area contributed by atoms with E-state index in [9.17, 15) is 9.90 Å². The molecule has 4 atom stereocenters. The molecular weight excluding hydrogens is 272 g/mol. The van der Waals surface area contributed by atoms with Crippen LogP contribution in [-0.2, 0) is 4.79 Å². The third-order valence-corrected chi connectivity index (χ3v) is 7.78. The summed E-state index contributed by atoms with van der Waals surface area (Å²) in [6.07, 6.45) is 7.72. The summed E-state index contributed by atoms with van der Waals surface area (Å²) in [5.41, 5.74) is 0.933. The van der Waals surface area contributed by atoms with Gasteiger partial charge in [0.25, 0.3) is 0 Å². The van der Waals surface area contributed by atoms with Crippen LogP contribution in [0.25, 0.3) is 0 Å². The molecule has 3 unspecified atom stereocenters. The van der Waals surface area contributed by atoms with Crippen LogP contribution in [-0.4, -0.2) is 16.5 Å². The lowest BCUT2D eigenvalue weighted by Gasteiger charge is -2.35. The molecule has 4 bridgehead atoms. The highest BCUT2D eigenvalue weighted by Crippen LogP contribution is 2.87. The van der Waals surface area contributed by atoms with Gasteiger partial charge in [0, 0.05) is 6.42 Å². The first-order valence-electron chi connectivity index (χ1n) is 9.02. The van der Waals surface area contributed by atoms with E-state index in [0.717, 1.165) is 30.6 Å². The second kappa shape index (κ2) is 4.93. The maximum atomic E-state index is 12.5. The van der Waals surface area contributed by atoms with Crippen LogP contribution in [0.15, 0.2) is 11.6 Å². The number of hydrogen-bond donors (Lipinski definition) is 1. The van der Waals surface area contributed by atoms with E-state index in [0.29, 0.717) is 23.7 Å². The molecule has 124 valence electrons. The Balaban J connectivity index is 1.55. The molecule has 2 heteroatoms. The SMILES string of the molecule is CC(C)=CCCC(C)(O)C(=O)CC[C@]1(C)C2CC3C(C2)C31C. The summed E-state index contributed by atoms with van der Waals surface area (Å²) in [7, 11) is 0. The highest BCUT2D eigenvalue weighted by atomic mass is 16.3. The molecular formula is C20H32O2. The van der Waals surface area contributed by atoms with E-state index in [1.54, 1.807) is 6.92 Å². The van der Waals surface area contributed by atoms with Crippen molar-refractivity contribution in [3.63, 3.8) is 0 Å². The Morgan fingerprint density at radius 3 is 2.32 bits per heavy atom. The molecule has 4 fully saturated rings. The zero-order valence-electron chi connectivity index (χ0n) is 14.9. The predicted molar refractivity (Wildman–Crippen MR) is 89.4 cm³/mol. The molecule has 0 aromatic rings. The fraction of sp³-hybridized carbons (Fsp3) is 0.850. The zero-order chi connectivity index (χ0) is 16.3. The lowest BCUT2D eigenvalue weighted by atomic mass is 9.70. The van der Waals surface area contributed by atoms with Gasteiger partial charge < -0.3 is 5.11 Å². The average molecular weight is 304 g/mol. The first kappa shape index (κ1) is 16.2. The van der Waals surface area contributed by atoms with E-state index < -0.39 is 5.60 Å². The molecule has 1 N–H and O–H groups in total. The van der Waals surface area contributed by atoms with Crippen molar-refractivity contribution >= 4 is 5.78 Å². The van der Waals surface area contributed by atoms with E-state index in [2.05, 4.69) is 33.8 Å². The maximum absolute atomic E-state index is 12.5. The van der Waals surface area contributed by atoms with E-state index in [4.69, 9.17) is 0 Å². The van der Waals surface area contributed by atoms with Gasteiger partial charge in [-0.1, -0.05) is 25.5 Å². The summed E-state index contributed by atoms with van der Waals surface area (Å²) in [6, 6.07) is 0. The summed E-state index contributed by atoms with van der Waals surface area (Å²) in [5, 5.41) is 10.5. The van der Waals surface area contributed by atoms with Gasteiger partial charge in [0.05, 0.1) is 0 Å². The molecule has 0 radical (unpaired) electrons. The lowest BCUT2D eigenvalue weighted by Crippen LogP contribution is -2.37. The number of carbonyl (C=O) groups is 1. The topological polar surface area (TPSA) is 37.3 Å². The number of allylic oxidation sites excluding steroid dienone is 2. The van der Waals surface area contributed by atoms with Gasteiger partial charge in [0.1, 0.15) is 5.60 Å². The minimum Gasteiger partial charge on any atom is -0.382 e. The molecule has 4 aliphatic rings. The first-order chi connectivity index (χ1) is 10.1. The average Bonchev–Trinajstić information content (AvgIpc) is 2.77. The molecule has 0 heterocycles. The van der Waals surface area contributed by atoms with Crippen LogP contribution in [0.2, 0.25) is 0 Å². The number of ketones is 1. The molecule has 2 nitrogen and oxygen atoms in total. The third-order valence-electron chi connectivity index (χ3n) is 7.78. The molecule has 22 heavy (non-hydrogen) atoms. The third kappa shape index (κ3) is 2.13. The van der Waals surface area contributed by atoms with Gasteiger partial charge in [-0.3, -0.25) is 4.79 Å². The highest BCUT2D eigenvalue weighted by Gasteiger charge is 2.80. The molecule has 0 aromatic heterocycles. The van der Waals surface area contributed by atoms with Crippen molar-refractivity contribution < 1.29 is 9.90 Å². The van der Waals surface area contributed by atoms with Crippen LogP contribution >= 0.6 is 0 Å². The summed E-state index contributed by atoms with van der Waals surface area (Å²) in [6.45, 7) is 10.7. The molecule has 0 amide bonds. The minimum absolute atomic E-state index is 0.0424. The second-order valence-electron chi connectivity index (χ2n) is 9.10. The van der Waals surface area contributed by atoms with Gasteiger partial charge in [-0.2, -0.15) is 0 Å². The maximum Gasteiger partial charge on any atom is 0.164 e. The van der Waals surface area contributed by atoms with Crippen molar-refractivity contribution in [3.8, 4) is 0 Å². The summed E-state index contributed by atoms with van der Waals surface area (Å²) in [4.78, 5) is 12.5. The van der Waals surface area contributed by atoms with Crippen molar-refractivity contribution in [1.29, 1.82) is 0 Å². The molecule has 0 aliphatic heterocycles. The van der Waals surface area contributed by atoms with Crippen LogP contribution in [0.3, 0.4) is 0 Å². The standard InChI is InChI=1S/C20H32O2/c1-13(2)7-6-9-19(4,22)17(21)8-10-18(3)14-11-15-16(12-14)20(15,18)5/h7,14-16,22H,6,8-12H2,1-5H3/t14?,15?,16?,18-,19?,20?/m1/s1. The monoisotopic (exact) mass is 304 g/mol. The summed E-state index contributed by atoms with van der Waals surface area (Å²) < 4.78 is 0. The van der Waals surface area contributed by atoms with E-state index >= 15 is 0 Å². The number of hydrogen-bond acceptors (Lipinski definition) is 2. The summed E-state index contributed by atoms with van der Waals surface area (Å²) in [5.74, 6) is 2.75. The van der Waals surface area contributed by atoms with Gasteiger partial charge in [-0.05, 0) is 81.5 Å². The quantitative estimate of drug-likeness (QED) is 0.702. The Bertz CT molecular complexity index is 500. The van der Waals surface area contributed by atoms with Crippen LogP contribution in [0.5, 0.6) is 0 Å². The predicted octanol–water partition coefficient (Wildman–Crippen LogP) is 4.52. The molecule has 4 saturated carbocycles. The van der Waals surface area contributed by atoms with Crippen molar-refractivity contribution in [2.75, 3.05) is 0 Å². The fourth-order valence-electron chi connectivity index (χ4n) is 5.93. The molecule has 0 spiro atoms. The Labute approximate surface area is 135 Å². The molecule has 4 aliphatic carbocycles.